The molecular weight excluding hydrogens is 330 g/mol. The van der Waals surface area contributed by atoms with Crippen LogP contribution in [-0.4, -0.2) is 40.3 Å². The van der Waals surface area contributed by atoms with E-state index in [1.165, 1.54) is 0 Å². The van der Waals surface area contributed by atoms with Gasteiger partial charge in [0.2, 0.25) is 5.91 Å². The van der Waals surface area contributed by atoms with E-state index in [1.54, 1.807) is 6.07 Å². The Morgan fingerprint density at radius 1 is 1.19 bits per heavy atom. The Balaban J connectivity index is 1.32. The van der Waals surface area contributed by atoms with Crippen LogP contribution in [-0.2, 0) is 16.0 Å². The van der Waals surface area contributed by atoms with Gasteiger partial charge in [0.25, 0.3) is 0 Å². The summed E-state index contributed by atoms with van der Waals surface area (Å²) in [6, 6.07) is 11.5. The number of carbonyl (C=O) groups excluding carboxylic acids is 1. The zero-order valence-corrected chi connectivity index (χ0v) is 14.4. The molecule has 3 heterocycles. The first kappa shape index (κ1) is 16.5. The number of H-pyrrole nitrogens is 1. The smallest absolute Gasteiger partial charge is 0.230 e. The molecule has 0 saturated carbocycles. The monoisotopic (exact) mass is 351 g/mol. The number of aromatic amines is 1. The number of hydrogen-bond donors (Lipinski definition) is 3. The zero-order valence-electron chi connectivity index (χ0n) is 14.4. The van der Waals surface area contributed by atoms with Gasteiger partial charge in [-0.25, -0.2) is 0 Å². The summed E-state index contributed by atoms with van der Waals surface area (Å²) in [6.07, 6.45) is 4.58. The van der Waals surface area contributed by atoms with Crippen molar-refractivity contribution in [2.45, 2.75) is 25.4 Å². The van der Waals surface area contributed by atoms with Gasteiger partial charge in [0.1, 0.15) is 5.82 Å². The highest BCUT2D eigenvalue weighted by Crippen LogP contribution is 2.18. The first-order valence-electron chi connectivity index (χ1n) is 8.82. The molecule has 26 heavy (non-hydrogen) atoms. The molecule has 0 aliphatic carbocycles. The van der Waals surface area contributed by atoms with Crippen molar-refractivity contribution in [3.63, 3.8) is 0 Å². The SMILES string of the molecule is O=C(Cc1c[nH]c2ccccc12)Nc1ccc(NCC2CCCO2)nn1. The lowest BCUT2D eigenvalue weighted by Gasteiger charge is -2.11. The van der Waals surface area contributed by atoms with Gasteiger partial charge < -0.3 is 20.4 Å². The fourth-order valence-corrected chi connectivity index (χ4v) is 3.15. The Morgan fingerprint density at radius 3 is 2.85 bits per heavy atom. The number of aromatic nitrogens is 3. The maximum atomic E-state index is 12.3. The predicted molar refractivity (Wildman–Crippen MR) is 100 cm³/mol. The highest BCUT2D eigenvalue weighted by molar-refractivity contribution is 5.95. The van der Waals surface area contributed by atoms with Crippen LogP contribution in [0.2, 0.25) is 0 Å². The minimum Gasteiger partial charge on any atom is -0.376 e. The van der Waals surface area contributed by atoms with Crippen molar-refractivity contribution < 1.29 is 9.53 Å². The second-order valence-electron chi connectivity index (χ2n) is 6.40. The molecule has 134 valence electrons. The van der Waals surface area contributed by atoms with Crippen molar-refractivity contribution >= 4 is 28.4 Å². The Hall–Kier alpha value is -2.93. The number of rotatable bonds is 6. The lowest BCUT2D eigenvalue weighted by atomic mass is 10.1. The number of ether oxygens (including phenoxy) is 1. The van der Waals surface area contributed by atoms with E-state index in [4.69, 9.17) is 4.74 Å². The van der Waals surface area contributed by atoms with Crippen LogP contribution < -0.4 is 10.6 Å². The molecule has 0 radical (unpaired) electrons. The summed E-state index contributed by atoms with van der Waals surface area (Å²) in [5, 5.41) is 15.2. The van der Waals surface area contributed by atoms with Crippen molar-refractivity contribution in [2.24, 2.45) is 0 Å². The van der Waals surface area contributed by atoms with Crippen molar-refractivity contribution in [1.29, 1.82) is 0 Å². The van der Waals surface area contributed by atoms with E-state index in [9.17, 15) is 4.79 Å². The molecule has 4 rings (SSSR count). The largest absolute Gasteiger partial charge is 0.376 e. The molecule has 1 aliphatic rings. The normalized spacial score (nSPS) is 16.7. The molecule has 0 bridgehead atoms. The van der Waals surface area contributed by atoms with Gasteiger partial charge >= 0.3 is 0 Å². The number of nitrogens with one attached hydrogen (secondary N) is 3. The molecule has 1 saturated heterocycles. The molecule has 1 aromatic carbocycles. The van der Waals surface area contributed by atoms with E-state index >= 15 is 0 Å². The number of carbonyl (C=O) groups is 1. The number of hydrogen-bond acceptors (Lipinski definition) is 5. The molecule has 1 amide bonds. The summed E-state index contributed by atoms with van der Waals surface area (Å²) >= 11 is 0. The third-order valence-electron chi connectivity index (χ3n) is 4.49. The highest BCUT2D eigenvalue weighted by atomic mass is 16.5. The number of para-hydroxylation sites is 1. The standard InChI is InChI=1S/C19H21N5O2/c25-19(10-13-11-20-16-6-2-1-5-15(13)16)22-18-8-7-17(23-24-18)21-12-14-4-3-9-26-14/h1-2,5-8,11,14,20H,3-4,9-10,12H2,(H,21,23)(H,22,24,25). The lowest BCUT2D eigenvalue weighted by Crippen LogP contribution is -2.19. The van der Waals surface area contributed by atoms with Gasteiger partial charge in [0, 0.05) is 30.3 Å². The lowest BCUT2D eigenvalue weighted by molar-refractivity contribution is -0.115. The summed E-state index contributed by atoms with van der Waals surface area (Å²) in [5.41, 5.74) is 1.98. The minimum atomic E-state index is -0.121. The van der Waals surface area contributed by atoms with Gasteiger partial charge in [-0.3, -0.25) is 4.79 Å². The van der Waals surface area contributed by atoms with Gasteiger partial charge in [0.15, 0.2) is 5.82 Å². The average Bonchev–Trinajstić information content (AvgIpc) is 3.32. The van der Waals surface area contributed by atoms with E-state index in [-0.39, 0.29) is 18.4 Å². The third kappa shape index (κ3) is 3.83. The molecular formula is C19H21N5O2. The summed E-state index contributed by atoms with van der Waals surface area (Å²) in [6.45, 7) is 1.56. The van der Waals surface area contributed by atoms with Gasteiger partial charge in [-0.2, -0.15) is 0 Å². The maximum Gasteiger partial charge on any atom is 0.230 e. The van der Waals surface area contributed by atoms with Crippen LogP contribution in [0.25, 0.3) is 10.9 Å². The minimum absolute atomic E-state index is 0.121. The van der Waals surface area contributed by atoms with Crippen LogP contribution >= 0.6 is 0 Å². The summed E-state index contributed by atoms with van der Waals surface area (Å²) < 4.78 is 5.56. The molecule has 1 fully saturated rings. The second kappa shape index (κ2) is 7.53. The Bertz CT molecular complexity index is 884. The Morgan fingerprint density at radius 2 is 2.04 bits per heavy atom. The molecule has 1 atom stereocenters. The number of nitrogens with zero attached hydrogens (tertiary/aromatic N) is 2. The van der Waals surface area contributed by atoms with E-state index in [0.717, 1.165) is 42.5 Å². The fraction of sp³-hybridized carbons (Fsp3) is 0.316. The number of benzene rings is 1. The fourth-order valence-electron chi connectivity index (χ4n) is 3.15. The summed E-state index contributed by atoms with van der Waals surface area (Å²) in [4.78, 5) is 15.5. The topological polar surface area (TPSA) is 91.9 Å². The van der Waals surface area contributed by atoms with Gasteiger partial charge in [0.05, 0.1) is 12.5 Å². The summed E-state index contributed by atoms with van der Waals surface area (Å²) in [7, 11) is 0. The molecule has 1 unspecified atom stereocenters. The van der Waals surface area contributed by atoms with Crippen LogP contribution in [0, 0.1) is 0 Å². The van der Waals surface area contributed by atoms with Crippen molar-refractivity contribution in [3.8, 4) is 0 Å². The Kier molecular flexibility index (Phi) is 4.79. The molecule has 1 aliphatic heterocycles. The maximum absolute atomic E-state index is 12.3. The van der Waals surface area contributed by atoms with Crippen molar-refractivity contribution in [2.75, 3.05) is 23.8 Å². The number of anilines is 2. The first-order valence-corrected chi connectivity index (χ1v) is 8.82. The van der Waals surface area contributed by atoms with Crippen LogP contribution in [0.15, 0.2) is 42.6 Å². The molecule has 3 N–H and O–H groups in total. The van der Waals surface area contributed by atoms with E-state index in [0.29, 0.717) is 11.6 Å². The van der Waals surface area contributed by atoms with Crippen LogP contribution in [0.1, 0.15) is 18.4 Å². The van der Waals surface area contributed by atoms with Crippen LogP contribution in [0.3, 0.4) is 0 Å². The number of fused-ring (bicyclic) bond motifs is 1. The van der Waals surface area contributed by atoms with E-state index in [2.05, 4.69) is 25.8 Å². The third-order valence-corrected chi connectivity index (χ3v) is 4.49. The van der Waals surface area contributed by atoms with Crippen LogP contribution in [0.5, 0.6) is 0 Å². The summed E-state index contributed by atoms with van der Waals surface area (Å²) in [5.74, 6) is 0.997. The van der Waals surface area contributed by atoms with Gasteiger partial charge in [-0.15, -0.1) is 10.2 Å². The van der Waals surface area contributed by atoms with Gasteiger partial charge in [-0.05, 0) is 36.6 Å². The molecule has 3 aromatic rings. The molecule has 2 aromatic heterocycles. The van der Waals surface area contributed by atoms with Gasteiger partial charge in [-0.1, -0.05) is 18.2 Å². The first-order chi connectivity index (χ1) is 12.8. The van der Waals surface area contributed by atoms with Crippen molar-refractivity contribution in [3.05, 3.63) is 48.2 Å². The average molecular weight is 351 g/mol. The molecule has 7 nitrogen and oxygen atoms in total. The molecule has 0 spiro atoms. The second-order valence-corrected chi connectivity index (χ2v) is 6.40. The predicted octanol–water partition coefficient (Wildman–Crippen LogP) is 2.73. The Labute approximate surface area is 151 Å². The number of amides is 1. The van der Waals surface area contributed by atoms with E-state index < -0.39 is 0 Å². The van der Waals surface area contributed by atoms with E-state index in [1.807, 2.05) is 36.5 Å². The quantitative estimate of drug-likeness (QED) is 0.635. The molecule has 7 heteroatoms. The van der Waals surface area contributed by atoms with Crippen molar-refractivity contribution in [1.82, 2.24) is 15.2 Å². The zero-order chi connectivity index (χ0) is 17.8. The van der Waals surface area contributed by atoms with Crippen LogP contribution in [0.4, 0.5) is 11.6 Å². The highest BCUT2D eigenvalue weighted by Gasteiger charge is 2.15.